The van der Waals surface area contributed by atoms with Gasteiger partial charge in [0.05, 0.1) is 27.8 Å². The largest absolute Gasteiger partial charge is 0.478 e. The van der Waals surface area contributed by atoms with Crippen LogP contribution < -0.4 is 0 Å². The SMILES string of the molecule is O=C(O)c1ccc(COOCOC(=O)c2ccc(C(=O)O)cc2C(=O)O)c(C(=O)O)c1. The molecule has 0 unspecified atom stereocenters. The summed E-state index contributed by atoms with van der Waals surface area (Å²) < 4.78 is 4.69. The fraction of sp³-hybridized carbons (Fsp3) is 0.105. The minimum atomic E-state index is -1.54. The Morgan fingerprint density at radius 2 is 1.19 bits per heavy atom. The Hall–Kier alpha value is -4.29. The van der Waals surface area contributed by atoms with Crippen molar-refractivity contribution in [3.8, 4) is 0 Å². The van der Waals surface area contributed by atoms with Crippen LogP contribution in [-0.2, 0) is 21.1 Å². The number of ether oxygens (including phenoxy) is 1. The van der Waals surface area contributed by atoms with Crippen LogP contribution >= 0.6 is 0 Å². The first kappa shape index (κ1) is 23.0. The minimum absolute atomic E-state index is 0.0845. The monoisotopic (exact) mass is 434 g/mol. The number of hydrogen-bond acceptors (Lipinski definition) is 8. The van der Waals surface area contributed by atoms with E-state index in [4.69, 9.17) is 30.1 Å². The minimum Gasteiger partial charge on any atom is -0.478 e. The lowest BCUT2D eigenvalue weighted by molar-refractivity contribution is -0.335. The third-order valence-corrected chi connectivity index (χ3v) is 3.84. The Bertz CT molecular complexity index is 1060. The van der Waals surface area contributed by atoms with E-state index in [0.29, 0.717) is 0 Å². The van der Waals surface area contributed by atoms with Crippen molar-refractivity contribution in [1.29, 1.82) is 0 Å². The van der Waals surface area contributed by atoms with Gasteiger partial charge in [0.15, 0.2) is 0 Å². The molecular weight excluding hydrogens is 420 g/mol. The Kier molecular flexibility index (Phi) is 7.38. The Labute approximate surface area is 172 Å². The highest BCUT2D eigenvalue weighted by Gasteiger charge is 2.20. The molecule has 0 aromatic heterocycles. The molecule has 0 atom stereocenters. The Morgan fingerprint density at radius 1 is 0.645 bits per heavy atom. The van der Waals surface area contributed by atoms with Gasteiger partial charge in [-0.3, -0.25) is 0 Å². The van der Waals surface area contributed by atoms with Crippen LogP contribution in [0.1, 0.15) is 57.4 Å². The molecule has 0 saturated carbocycles. The molecule has 0 radical (unpaired) electrons. The Balaban J connectivity index is 1.96. The first-order valence-electron chi connectivity index (χ1n) is 8.23. The molecule has 0 amide bonds. The first-order chi connectivity index (χ1) is 14.6. The lowest BCUT2D eigenvalue weighted by atomic mass is 10.0. The molecule has 0 fully saturated rings. The molecule has 162 valence electrons. The summed E-state index contributed by atoms with van der Waals surface area (Å²) in [6.07, 6.45) is 0. The molecule has 4 N–H and O–H groups in total. The summed E-state index contributed by atoms with van der Waals surface area (Å²) in [6, 6.07) is 6.12. The van der Waals surface area contributed by atoms with E-state index in [1.165, 1.54) is 12.1 Å². The molecule has 12 heteroatoms. The second-order valence-corrected chi connectivity index (χ2v) is 5.78. The number of carboxylic acid groups (broad SMARTS) is 4. The van der Waals surface area contributed by atoms with Gasteiger partial charge in [-0.15, -0.1) is 0 Å². The smallest absolute Gasteiger partial charge is 0.341 e. The highest BCUT2D eigenvalue weighted by atomic mass is 17.2. The molecule has 2 aromatic carbocycles. The van der Waals surface area contributed by atoms with E-state index in [0.717, 1.165) is 24.3 Å². The van der Waals surface area contributed by atoms with E-state index in [1.54, 1.807) is 0 Å². The predicted molar refractivity (Wildman–Crippen MR) is 96.9 cm³/mol. The van der Waals surface area contributed by atoms with Gasteiger partial charge >= 0.3 is 29.8 Å². The summed E-state index contributed by atoms with van der Waals surface area (Å²) in [5.41, 5.74) is -1.82. The van der Waals surface area contributed by atoms with Crippen LogP contribution in [0.5, 0.6) is 0 Å². The summed E-state index contributed by atoms with van der Waals surface area (Å²) in [5, 5.41) is 36.1. The maximum absolute atomic E-state index is 12.0. The topological polar surface area (TPSA) is 194 Å². The van der Waals surface area contributed by atoms with Gasteiger partial charge in [0.25, 0.3) is 0 Å². The first-order valence-corrected chi connectivity index (χ1v) is 8.23. The molecule has 2 rings (SSSR count). The lowest BCUT2D eigenvalue weighted by Crippen LogP contribution is -2.15. The molecular formula is C19H14O12. The fourth-order valence-corrected chi connectivity index (χ4v) is 2.36. The number of carboxylic acids is 4. The van der Waals surface area contributed by atoms with E-state index in [-0.39, 0.29) is 22.3 Å². The summed E-state index contributed by atoms with van der Waals surface area (Å²) in [7, 11) is 0. The van der Waals surface area contributed by atoms with Gasteiger partial charge in [0.1, 0.15) is 6.61 Å². The zero-order valence-corrected chi connectivity index (χ0v) is 15.4. The van der Waals surface area contributed by atoms with Crippen molar-refractivity contribution >= 4 is 29.8 Å². The number of carbonyl (C=O) groups is 5. The van der Waals surface area contributed by atoms with Gasteiger partial charge in [-0.25, -0.2) is 28.9 Å². The average Bonchev–Trinajstić information content (AvgIpc) is 2.72. The molecule has 0 aliphatic heterocycles. The van der Waals surface area contributed by atoms with Gasteiger partial charge in [-0.2, -0.15) is 4.89 Å². The van der Waals surface area contributed by atoms with Crippen LogP contribution in [0.2, 0.25) is 0 Å². The molecule has 31 heavy (non-hydrogen) atoms. The summed E-state index contributed by atoms with van der Waals surface area (Å²) >= 11 is 0. The van der Waals surface area contributed by atoms with E-state index in [1.807, 2.05) is 0 Å². The molecule has 0 bridgehead atoms. The summed E-state index contributed by atoms with van der Waals surface area (Å²) in [4.78, 5) is 65.7. The van der Waals surface area contributed by atoms with Crippen LogP contribution in [-0.4, -0.2) is 57.1 Å². The quantitative estimate of drug-likeness (QED) is 0.139. The second-order valence-electron chi connectivity index (χ2n) is 5.78. The normalized spacial score (nSPS) is 10.3. The third-order valence-electron chi connectivity index (χ3n) is 3.84. The molecule has 0 aliphatic rings. The van der Waals surface area contributed by atoms with Gasteiger partial charge < -0.3 is 25.2 Å². The number of hydrogen-bond donors (Lipinski definition) is 4. The maximum Gasteiger partial charge on any atom is 0.341 e. The van der Waals surface area contributed by atoms with Crippen molar-refractivity contribution in [2.45, 2.75) is 6.61 Å². The van der Waals surface area contributed by atoms with Gasteiger partial charge in [-0.1, -0.05) is 6.07 Å². The van der Waals surface area contributed by atoms with Crippen LogP contribution in [0.25, 0.3) is 0 Å². The third kappa shape index (κ3) is 5.85. The number of rotatable bonds is 10. The van der Waals surface area contributed by atoms with Crippen LogP contribution in [0.15, 0.2) is 36.4 Å². The highest BCUT2D eigenvalue weighted by Crippen LogP contribution is 2.16. The lowest BCUT2D eigenvalue weighted by Gasteiger charge is -2.09. The summed E-state index contributed by atoms with van der Waals surface area (Å²) in [5.74, 6) is -6.75. The van der Waals surface area contributed by atoms with Gasteiger partial charge in [-0.05, 0) is 35.9 Å². The second kappa shape index (κ2) is 9.96. The zero-order valence-electron chi connectivity index (χ0n) is 15.4. The van der Waals surface area contributed by atoms with E-state index in [9.17, 15) is 24.0 Å². The van der Waals surface area contributed by atoms with Crippen LogP contribution in [0.3, 0.4) is 0 Å². The van der Waals surface area contributed by atoms with Crippen LogP contribution in [0, 0.1) is 0 Å². The van der Waals surface area contributed by atoms with Crippen molar-refractivity contribution in [2.75, 3.05) is 6.79 Å². The van der Waals surface area contributed by atoms with E-state index in [2.05, 4.69) is 4.89 Å². The molecule has 0 spiro atoms. The van der Waals surface area contributed by atoms with Crippen molar-refractivity contribution in [3.63, 3.8) is 0 Å². The number of benzene rings is 2. The number of aromatic carboxylic acids is 4. The molecule has 2 aromatic rings. The van der Waals surface area contributed by atoms with Crippen LogP contribution in [0.4, 0.5) is 0 Å². The number of carbonyl (C=O) groups excluding carboxylic acids is 1. The fourth-order valence-electron chi connectivity index (χ4n) is 2.36. The maximum atomic E-state index is 12.0. The molecule has 0 heterocycles. The van der Waals surface area contributed by atoms with Crippen molar-refractivity contribution in [1.82, 2.24) is 0 Å². The summed E-state index contributed by atoms with van der Waals surface area (Å²) in [6.45, 7) is -1.22. The average molecular weight is 434 g/mol. The zero-order chi connectivity index (χ0) is 23.1. The molecule has 0 saturated heterocycles. The van der Waals surface area contributed by atoms with Crippen molar-refractivity contribution < 1.29 is 58.9 Å². The molecule has 0 aliphatic carbocycles. The van der Waals surface area contributed by atoms with E-state index < -0.39 is 54.4 Å². The van der Waals surface area contributed by atoms with E-state index >= 15 is 0 Å². The molecule has 12 nitrogen and oxygen atoms in total. The van der Waals surface area contributed by atoms with Crippen molar-refractivity contribution in [3.05, 3.63) is 69.8 Å². The van der Waals surface area contributed by atoms with Gasteiger partial charge in [0.2, 0.25) is 6.79 Å². The standard InChI is InChI=1S/C19H14O12/c20-15(21)9-1-2-11(13(5-9)17(24)25)7-30-31-8-29-19(28)12-4-3-10(16(22)23)6-14(12)18(26)27/h1-6H,7-8H2,(H,20,21)(H,22,23)(H,24,25)(H,26,27). The van der Waals surface area contributed by atoms with Crippen molar-refractivity contribution in [2.24, 2.45) is 0 Å². The van der Waals surface area contributed by atoms with Gasteiger partial charge in [0, 0.05) is 0 Å². The number of esters is 1. The highest BCUT2D eigenvalue weighted by molar-refractivity contribution is 6.04. The predicted octanol–water partition coefficient (Wildman–Crippen LogP) is 1.74. The Morgan fingerprint density at radius 3 is 1.74 bits per heavy atom.